The third kappa shape index (κ3) is 4.78. The van der Waals surface area contributed by atoms with E-state index in [-0.39, 0.29) is 5.82 Å². The van der Waals surface area contributed by atoms with E-state index in [1.807, 2.05) is 6.07 Å². The summed E-state index contributed by atoms with van der Waals surface area (Å²) in [6.07, 6.45) is 2.06. The van der Waals surface area contributed by atoms with Gasteiger partial charge in [-0.1, -0.05) is 31.5 Å². The first-order chi connectivity index (χ1) is 10.2. The second kappa shape index (κ2) is 8.66. The van der Waals surface area contributed by atoms with E-state index in [1.165, 1.54) is 30.1 Å². The number of rotatable bonds is 6. The molecule has 0 amide bonds. The van der Waals surface area contributed by atoms with Crippen molar-refractivity contribution in [1.82, 2.24) is 5.32 Å². The van der Waals surface area contributed by atoms with Crippen molar-refractivity contribution in [3.63, 3.8) is 0 Å². The van der Waals surface area contributed by atoms with E-state index in [9.17, 15) is 4.39 Å². The molecule has 0 aromatic heterocycles. The van der Waals surface area contributed by atoms with Crippen LogP contribution >= 0.6 is 35.1 Å². The van der Waals surface area contributed by atoms with Gasteiger partial charge in [-0.15, -0.1) is 0 Å². The van der Waals surface area contributed by atoms with Crippen LogP contribution in [0.3, 0.4) is 0 Å². The van der Waals surface area contributed by atoms with E-state index in [4.69, 9.17) is 11.6 Å². The lowest BCUT2D eigenvalue weighted by Crippen LogP contribution is -2.46. The Hall–Kier alpha value is 0.1000. The molecule has 0 saturated carbocycles. The predicted molar refractivity (Wildman–Crippen MR) is 95.4 cm³/mol. The van der Waals surface area contributed by atoms with Gasteiger partial charge in [0.05, 0.1) is 0 Å². The fraction of sp³-hybridized carbons (Fsp3) is 0.625. The second-order valence-corrected chi connectivity index (χ2v) is 8.30. The molecule has 0 bridgehead atoms. The highest BCUT2D eigenvalue weighted by Crippen LogP contribution is 2.36. The minimum atomic E-state index is -0.266. The van der Waals surface area contributed by atoms with E-state index in [0.717, 1.165) is 18.5 Å². The highest BCUT2D eigenvalue weighted by atomic mass is 35.5. The fourth-order valence-corrected chi connectivity index (χ4v) is 6.31. The molecule has 1 aliphatic heterocycles. The summed E-state index contributed by atoms with van der Waals surface area (Å²) < 4.78 is 13.2. The van der Waals surface area contributed by atoms with Crippen molar-refractivity contribution in [1.29, 1.82) is 0 Å². The number of hydrogen-bond donors (Lipinski definition) is 1. The quantitative estimate of drug-likeness (QED) is 0.806. The van der Waals surface area contributed by atoms with Gasteiger partial charge in [-0.3, -0.25) is 0 Å². The van der Waals surface area contributed by atoms with Gasteiger partial charge in [0, 0.05) is 33.1 Å². The predicted octanol–water partition coefficient (Wildman–Crippen LogP) is 4.63. The Labute approximate surface area is 140 Å². The number of hydrogen-bond acceptors (Lipinski definition) is 3. The topological polar surface area (TPSA) is 12.0 Å². The van der Waals surface area contributed by atoms with Crippen LogP contribution < -0.4 is 5.32 Å². The lowest BCUT2D eigenvalue weighted by Gasteiger charge is -2.36. The van der Waals surface area contributed by atoms with Gasteiger partial charge in [0.25, 0.3) is 0 Å². The molecule has 1 heterocycles. The fourth-order valence-electron chi connectivity index (χ4n) is 2.80. The summed E-state index contributed by atoms with van der Waals surface area (Å²) in [7, 11) is 0. The average molecular weight is 348 g/mol. The van der Waals surface area contributed by atoms with Gasteiger partial charge in [-0.05, 0) is 37.1 Å². The summed E-state index contributed by atoms with van der Waals surface area (Å²) in [6.45, 7) is 5.35. The Morgan fingerprint density at radius 1 is 1.33 bits per heavy atom. The van der Waals surface area contributed by atoms with Gasteiger partial charge in [0.1, 0.15) is 5.82 Å². The molecule has 3 unspecified atom stereocenters. The molecule has 0 radical (unpaired) electrons. The zero-order chi connectivity index (χ0) is 15.2. The summed E-state index contributed by atoms with van der Waals surface area (Å²) in [5, 5.41) is 5.44. The largest absolute Gasteiger partial charge is 0.313 e. The summed E-state index contributed by atoms with van der Waals surface area (Å²) >= 11 is 10.4. The van der Waals surface area contributed by atoms with E-state index in [1.54, 1.807) is 0 Å². The van der Waals surface area contributed by atoms with Crippen LogP contribution in [0.25, 0.3) is 0 Å². The van der Waals surface area contributed by atoms with Crippen molar-refractivity contribution in [3.8, 4) is 0 Å². The summed E-state index contributed by atoms with van der Waals surface area (Å²) in [4.78, 5) is 0. The van der Waals surface area contributed by atoms with Gasteiger partial charge in [-0.25, -0.2) is 4.39 Å². The Kier molecular flexibility index (Phi) is 7.20. The maximum absolute atomic E-state index is 13.2. The molecule has 5 heteroatoms. The molecule has 1 aromatic carbocycles. The minimum absolute atomic E-state index is 0.266. The maximum atomic E-state index is 13.2. The molecular weight excluding hydrogens is 325 g/mol. The maximum Gasteiger partial charge on any atom is 0.124 e. The van der Waals surface area contributed by atoms with Crippen LogP contribution in [-0.4, -0.2) is 34.6 Å². The van der Waals surface area contributed by atoms with E-state index in [0.29, 0.717) is 21.6 Å². The van der Waals surface area contributed by atoms with Gasteiger partial charge in [0.2, 0.25) is 0 Å². The highest BCUT2D eigenvalue weighted by molar-refractivity contribution is 8.07. The Morgan fingerprint density at radius 2 is 2.10 bits per heavy atom. The Bertz CT molecular complexity index is 458. The van der Waals surface area contributed by atoms with Crippen LogP contribution in [0.5, 0.6) is 0 Å². The molecule has 118 valence electrons. The zero-order valence-electron chi connectivity index (χ0n) is 12.6. The van der Waals surface area contributed by atoms with Crippen LogP contribution in [0, 0.1) is 5.82 Å². The lowest BCUT2D eigenvalue weighted by molar-refractivity contribution is 0.490. The number of halogens is 2. The van der Waals surface area contributed by atoms with Crippen LogP contribution in [0.15, 0.2) is 18.2 Å². The third-order valence-corrected chi connectivity index (χ3v) is 7.57. The number of thioether (sulfide) groups is 2. The highest BCUT2D eigenvalue weighted by Gasteiger charge is 2.32. The van der Waals surface area contributed by atoms with Crippen molar-refractivity contribution in [2.24, 2.45) is 0 Å². The summed E-state index contributed by atoms with van der Waals surface area (Å²) in [5.41, 5.74) is 1.04. The van der Waals surface area contributed by atoms with Gasteiger partial charge >= 0.3 is 0 Å². The minimum Gasteiger partial charge on any atom is -0.313 e. The van der Waals surface area contributed by atoms with E-state index < -0.39 is 0 Å². The van der Waals surface area contributed by atoms with Crippen LogP contribution in [0.2, 0.25) is 5.02 Å². The molecule has 2 rings (SSSR count). The van der Waals surface area contributed by atoms with E-state index in [2.05, 4.69) is 42.7 Å². The smallest absolute Gasteiger partial charge is 0.124 e. The standard InChI is InChI=1S/C16H23ClFNS2/c1-3-15-16(21-8-7-20-15)14(19-4-2)9-11-5-6-12(18)10-13(11)17/h5-6,10,14-16,19H,3-4,7-9H2,1-2H3. The van der Waals surface area contributed by atoms with Crippen LogP contribution in [0.4, 0.5) is 4.39 Å². The Morgan fingerprint density at radius 3 is 2.76 bits per heavy atom. The van der Waals surface area contributed by atoms with Crippen LogP contribution in [-0.2, 0) is 6.42 Å². The van der Waals surface area contributed by atoms with E-state index >= 15 is 0 Å². The normalized spacial score (nSPS) is 24.0. The molecule has 0 aliphatic carbocycles. The number of likely N-dealkylation sites (N-methyl/N-ethyl adjacent to an activating group) is 1. The zero-order valence-corrected chi connectivity index (χ0v) is 15.0. The first kappa shape index (κ1) is 17.5. The van der Waals surface area contributed by atoms with Crippen molar-refractivity contribution < 1.29 is 4.39 Å². The molecule has 1 saturated heterocycles. The molecule has 1 aromatic rings. The number of nitrogens with one attached hydrogen (secondary N) is 1. The molecule has 1 aliphatic rings. The molecule has 1 nitrogen and oxygen atoms in total. The first-order valence-electron chi connectivity index (χ1n) is 7.56. The monoisotopic (exact) mass is 347 g/mol. The second-order valence-electron chi connectivity index (χ2n) is 5.26. The summed E-state index contributed by atoms with van der Waals surface area (Å²) in [6, 6.07) is 5.13. The van der Waals surface area contributed by atoms with Gasteiger partial charge < -0.3 is 5.32 Å². The van der Waals surface area contributed by atoms with Crippen molar-refractivity contribution in [2.75, 3.05) is 18.1 Å². The first-order valence-corrected chi connectivity index (χ1v) is 10.0. The third-order valence-electron chi connectivity index (χ3n) is 3.81. The molecule has 1 N–H and O–H groups in total. The number of benzene rings is 1. The van der Waals surface area contributed by atoms with Crippen molar-refractivity contribution in [2.45, 2.75) is 43.2 Å². The Balaban J connectivity index is 2.13. The molecule has 1 fully saturated rings. The lowest BCUT2D eigenvalue weighted by atomic mass is 10.00. The SMILES string of the molecule is CCNC(Cc1ccc(F)cc1Cl)C1SCCSC1CC. The van der Waals surface area contributed by atoms with Crippen molar-refractivity contribution in [3.05, 3.63) is 34.6 Å². The average Bonchev–Trinajstić information content (AvgIpc) is 2.49. The van der Waals surface area contributed by atoms with Gasteiger partial charge in [0.15, 0.2) is 0 Å². The molecule has 21 heavy (non-hydrogen) atoms. The van der Waals surface area contributed by atoms with Crippen molar-refractivity contribution >= 4 is 35.1 Å². The summed E-state index contributed by atoms with van der Waals surface area (Å²) in [5.74, 6) is 2.19. The van der Waals surface area contributed by atoms with Crippen LogP contribution in [0.1, 0.15) is 25.8 Å². The molecule has 0 spiro atoms. The molecular formula is C16H23ClFNS2. The molecule has 3 atom stereocenters. The van der Waals surface area contributed by atoms with Gasteiger partial charge in [-0.2, -0.15) is 23.5 Å².